The highest BCUT2D eigenvalue weighted by atomic mass is 19.4. The van der Waals surface area contributed by atoms with Gasteiger partial charge < -0.3 is 20.1 Å². The highest BCUT2D eigenvalue weighted by Crippen LogP contribution is 2.34. The molecule has 2 heterocycles. The molecule has 1 aromatic heterocycles. The van der Waals surface area contributed by atoms with Crippen molar-refractivity contribution in [2.75, 3.05) is 18.4 Å². The Labute approximate surface area is 134 Å². The monoisotopic (exact) mass is 341 g/mol. The second-order valence-corrected chi connectivity index (χ2v) is 5.42. The van der Waals surface area contributed by atoms with Gasteiger partial charge in [-0.15, -0.1) is 13.2 Å². The molecule has 24 heavy (non-hydrogen) atoms. The molecular formula is C15H14F3N3O3. The molecule has 0 aliphatic carbocycles. The van der Waals surface area contributed by atoms with Crippen LogP contribution in [0.25, 0.3) is 10.9 Å². The minimum absolute atomic E-state index is 0.0907. The molecule has 6 nitrogen and oxygen atoms in total. The lowest BCUT2D eigenvalue weighted by atomic mass is 10.1. The third kappa shape index (κ3) is 3.44. The molecule has 128 valence electrons. The zero-order valence-electron chi connectivity index (χ0n) is 12.4. The first kappa shape index (κ1) is 16.2. The molecule has 1 aliphatic rings. The van der Waals surface area contributed by atoms with E-state index >= 15 is 0 Å². The number of carboxylic acid groups (broad SMARTS) is 1. The summed E-state index contributed by atoms with van der Waals surface area (Å²) in [5.41, 5.74) is 0.678. The average molecular weight is 341 g/mol. The fraction of sp³-hybridized carbons (Fsp3) is 0.333. The van der Waals surface area contributed by atoms with Crippen LogP contribution in [0.5, 0.6) is 5.75 Å². The van der Waals surface area contributed by atoms with Crippen molar-refractivity contribution >= 4 is 22.7 Å². The molecule has 9 heteroatoms. The first-order chi connectivity index (χ1) is 11.3. The number of nitrogens with zero attached hydrogens (tertiary/aromatic N) is 2. The van der Waals surface area contributed by atoms with Crippen LogP contribution in [0.2, 0.25) is 0 Å². The second kappa shape index (κ2) is 6.06. The second-order valence-electron chi connectivity index (χ2n) is 5.42. The number of aromatic nitrogens is 1. The van der Waals surface area contributed by atoms with Gasteiger partial charge in [0.25, 0.3) is 0 Å². The number of anilines is 1. The van der Waals surface area contributed by atoms with Crippen LogP contribution in [0.4, 0.5) is 23.7 Å². The van der Waals surface area contributed by atoms with E-state index in [4.69, 9.17) is 5.11 Å². The normalized spacial score (nSPS) is 18.0. The van der Waals surface area contributed by atoms with Gasteiger partial charge in [0.05, 0.1) is 0 Å². The van der Waals surface area contributed by atoms with E-state index in [1.54, 1.807) is 12.1 Å². The number of carbonyl (C=O) groups is 1. The number of ether oxygens (including phenoxy) is 1. The summed E-state index contributed by atoms with van der Waals surface area (Å²) in [7, 11) is 0. The lowest BCUT2D eigenvalue weighted by Crippen LogP contribution is -2.30. The van der Waals surface area contributed by atoms with Crippen LogP contribution in [0.15, 0.2) is 30.5 Å². The maximum Gasteiger partial charge on any atom is 0.573 e. The van der Waals surface area contributed by atoms with E-state index in [0.29, 0.717) is 30.6 Å². The summed E-state index contributed by atoms with van der Waals surface area (Å²) >= 11 is 0. The number of pyridine rings is 1. The minimum atomic E-state index is -4.80. The molecule has 2 aromatic rings. The van der Waals surface area contributed by atoms with E-state index in [-0.39, 0.29) is 17.3 Å². The van der Waals surface area contributed by atoms with E-state index in [9.17, 15) is 18.0 Å². The van der Waals surface area contributed by atoms with Crippen LogP contribution in [0, 0.1) is 0 Å². The number of nitrogens with one attached hydrogen (secondary N) is 1. The molecule has 1 fully saturated rings. The van der Waals surface area contributed by atoms with Crippen molar-refractivity contribution in [3.8, 4) is 5.75 Å². The van der Waals surface area contributed by atoms with Crippen molar-refractivity contribution in [2.24, 2.45) is 0 Å². The van der Waals surface area contributed by atoms with Gasteiger partial charge in [-0.1, -0.05) is 0 Å². The Kier molecular flexibility index (Phi) is 4.08. The van der Waals surface area contributed by atoms with Gasteiger partial charge in [-0.05, 0) is 30.7 Å². The summed E-state index contributed by atoms with van der Waals surface area (Å²) in [4.78, 5) is 16.2. The van der Waals surface area contributed by atoms with E-state index in [1.165, 1.54) is 23.2 Å². The van der Waals surface area contributed by atoms with Crippen LogP contribution in [0.1, 0.15) is 6.42 Å². The first-order valence-corrected chi connectivity index (χ1v) is 7.21. The third-order valence-corrected chi connectivity index (χ3v) is 3.78. The van der Waals surface area contributed by atoms with Gasteiger partial charge in [-0.2, -0.15) is 0 Å². The van der Waals surface area contributed by atoms with Crippen LogP contribution in [0.3, 0.4) is 0 Å². The summed E-state index contributed by atoms with van der Waals surface area (Å²) in [6.07, 6.45) is -3.78. The molecule has 3 rings (SSSR count). The Morgan fingerprint density at radius 2 is 2.17 bits per heavy atom. The van der Waals surface area contributed by atoms with Crippen LogP contribution < -0.4 is 10.1 Å². The summed E-state index contributed by atoms with van der Waals surface area (Å²) < 4.78 is 41.5. The Balaban J connectivity index is 1.87. The summed E-state index contributed by atoms with van der Waals surface area (Å²) in [6.45, 7) is 0.732. The molecule has 1 aliphatic heterocycles. The Morgan fingerprint density at radius 1 is 1.38 bits per heavy atom. The maximum atomic E-state index is 12.5. The van der Waals surface area contributed by atoms with Crippen molar-refractivity contribution in [2.45, 2.75) is 18.8 Å². The molecule has 0 bridgehead atoms. The molecule has 0 spiro atoms. The molecular weight excluding hydrogens is 327 g/mol. The van der Waals surface area contributed by atoms with Crippen LogP contribution in [-0.4, -0.2) is 46.6 Å². The zero-order valence-corrected chi connectivity index (χ0v) is 12.4. The lowest BCUT2D eigenvalue weighted by molar-refractivity contribution is -0.274. The van der Waals surface area contributed by atoms with Crippen molar-refractivity contribution in [3.63, 3.8) is 0 Å². The van der Waals surface area contributed by atoms with Gasteiger partial charge in [0, 0.05) is 36.4 Å². The molecule has 0 radical (unpaired) electrons. The van der Waals surface area contributed by atoms with Gasteiger partial charge in [0.1, 0.15) is 5.52 Å². The van der Waals surface area contributed by atoms with E-state index in [2.05, 4.69) is 15.0 Å². The fourth-order valence-electron chi connectivity index (χ4n) is 2.75. The smallest absolute Gasteiger partial charge is 0.465 e. The van der Waals surface area contributed by atoms with Crippen LogP contribution >= 0.6 is 0 Å². The molecule has 1 aromatic carbocycles. The van der Waals surface area contributed by atoms with Gasteiger partial charge in [-0.25, -0.2) is 4.79 Å². The number of halogens is 3. The van der Waals surface area contributed by atoms with Gasteiger partial charge in [0.15, 0.2) is 5.75 Å². The summed E-state index contributed by atoms with van der Waals surface area (Å²) in [5, 5.41) is 12.6. The van der Waals surface area contributed by atoms with Gasteiger partial charge >= 0.3 is 12.5 Å². The number of likely N-dealkylation sites (tertiary alicyclic amines) is 1. The summed E-state index contributed by atoms with van der Waals surface area (Å²) in [6, 6.07) is 5.82. The van der Waals surface area contributed by atoms with Crippen LogP contribution in [-0.2, 0) is 0 Å². The number of amides is 1. The predicted molar refractivity (Wildman–Crippen MR) is 80.1 cm³/mol. The number of benzene rings is 1. The molecule has 1 atom stereocenters. The zero-order chi connectivity index (χ0) is 17.3. The standard InChI is InChI=1S/C15H14F3N3O3/c16-15(17,18)24-12-4-3-11(10-2-1-6-19-13(10)12)20-9-5-7-21(8-9)14(22)23/h1-4,6,9,20H,5,7-8H2,(H,22,23). The minimum Gasteiger partial charge on any atom is -0.465 e. The predicted octanol–water partition coefficient (Wildman–Crippen LogP) is 3.30. The Bertz CT molecular complexity index is 766. The fourth-order valence-corrected chi connectivity index (χ4v) is 2.75. The molecule has 1 saturated heterocycles. The third-order valence-electron chi connectivity index (χ3n) is 3.78. The number of hydrogen-bond donors (Lipinski definition) is 2. The summed E-state index contributed by atoms with van der Waals surface area (Å²) in [5.74, 6) is -0.373. The van der Waals surface area contributed by atoms with Gasteiger partial charge in [0.2, 0.25) is 0 Å². The average Bonchev–Trinajstić information content (AvgIpc) is 2.97. The molecule has 1 unspecified atom stereocenters. The lowest BCUT2D eigenvalue weighted by Gasteiger charge is -2.18. The van der Waals surface area contributed by atoms with Crippen molar-refractivity contribution in [1.82, 2.24) is 9.88 Å². The highest BCUT2D eigenvalue weighted by Gasteiger charge is 2.32. The highest BCUT2D eigenvalue weighted by molar-refractivity contribution is 5.95. The van der Waals surface area contributed by atoms with Crippen molar-refractivity contribution < 1.29 is 27.8 Å². The molecule has 0 saturated carbocycles. The SMILES string of the molecule is O=C(O)N1CCC(Nc2ccc(OC(F)(F)F)c3ncccc23)C1. The van der Waals surface area contributed by atoms with Crippen molar-refractivity contribution in [3.05, 3.63) is 30.5 Å². The Hall–Kier alpha value is -2.71. The topological polar surface area (TPSA) is 74.7 Å². The van der Waals surface area contributed by atoms with E-state index < -0.39 is 12.5 Å². The molecule has 1 amide bonds. The number of rotatable bonds is 3. The van der Waals surface area contributed by atoms with E-state index in [1.807, 2.05) is 0 Å². The molecule has 2 N–H and O–H groups in total. The number of hydrogen-bond acceptors (Lipinski definition) is 4. The largest absolute Gasteiger partial charge is 0.573 e. The number of fused-ring (bicyclic) bond motifs is 1. The maximum absolute atomic E-state index is 12.5. The quantitative estimate of drug-likeness (QED) is 0.896. The van der Waals surface area contributed by atoms with Gasteiger partial charge in [-0.3, -0.25) is 4.98 Å². The Morgan fingerprint density at radius 3 is 2.83 bits per heavy atom. The number of alkyl halides is 3. The first-order valence-electron chi connectivity index (χ1n) is 7.21. The van der Waals surface area contributed by atoms with Crippen molar-refractivity contribution in [1.29, 1.82) is 0 Å². The van der Waals surface area contributed by atoms with E-state index in [0.717, 1.165) is 0 Å².